The number of hydrogen-bond acceptors (Lipinski definition) is 5. The summed E-state index contributed by atoms with van der Waals surface area (Å²) in [6, 6.07) is 54.2. The van der Waals surface area contributed by atoms with Gasteiger partial charge in [-0.3, -0.25) is 0 Å². The zero-order chi connectivity index (χ0) is 32.6. The van der Waals surface area contributed by atoms with Gasteiger partial charge in [0.2, 0.25) is 0 Å². The molecule has 9 rings (SSSR count). The molecule has 230 valence electrons. The van der Waals surface area contributed by atoms with E-state index in [9.17, 15) is 0 Å². The Morgan fingerprint density at radius 3 is 1.47 bits per heavy atom. The maximum atomic E-state index is 5.06. The molecule has 6 aromatic carbocycles. The van der Waals surface area contributed by atoms with Crippen molar-refractivity contribution in [2.75, 3.05) is 0 Å². The van der Waals surface area contributed by atoms with Crippen molar-refractivity contribution < 1.29 is 0 Å². The van der Waals surface area contributed by atoms with Crippen molar-refractivity contribution in [1.82, 2.24) is 24.9 Å². The Bertz CT molecular complexity index is 2460. The van der Waals surface area contributed by atoms with Crippen molar-refractivity contribution in [3.05, 3.63) is 175 Å². The molecule has 1 aliphatic carbocycles. The molecule has 0 N–H and O–H groups in total. The van der Waals surface area contributed by atoms with Crippen LogP contribution in [-0.2, 0) is 6.42 Å². The molecule has 0 bridgehead atoms. The van der Waals surface area contributed by atoms with Gasteiger partial charge in [-0.05, 0) is 39.9 Å². The molecule has 2 heterocycles. The largest absolute Gasteiger partial charge is 0.236 e. The summed E-state index contributed by atoms with van der Waals surface area (Å²) in [5.74, 6) is 1.86. The van der Waals surface area contributed by atoms with Gasteiger partial charge >= 0.3 is 0 Å². The minimum absolute atomic E-state index is 0.608. The Morgan fingerprint density at radius 1 is 0.327 bits per heavy atom. The SMILES string of the molecule is c1ccc(-c2cccc(-c3nc(-c4ccccc4)nc(-c4cccc(-c5ncnc6c5Cc5c(-c7ccccc7)cccc5-6)c4)n3)c2)cc1. The molecule has 0 aliphatic heterocycles. The van der Waals surface area contributed by atoms with Crippen LogP contribution in [0.15, 0.2) is 164 Å². The minimum Gasteiger partial charge on any atom is -0.236 e. The van der Waals surface area contributed by atoms with Gasteiger partial charge in [0.25, 0.3) is 0 Å². The highest BCUT2D eigenvalue weighted by molar-refractivity contribution is 5.87. The lowest BCUT2D eigenvalue weighted by atomic mass is 9.96. The van der Waals surface area contributed by atoms with Crippen LogP contribution in [0.3, 0.4) is 0 Å². The molecule has 5 heteroatoms. The molecular weight excluding hydrogens is 599 g/mol. The van der Waals surface area contributed by atoms with Gasteiger partial charge in [-0.15, -0.1) is 0 Å². The molecule has 5 nitrogen and oxygen atoms in total. The molecule has 0 atom stereocenters. The second-order valence-electron chi connectivity index (χ2n) is 12.1. The number of aromatic nitrogens is 5. The van der Waals surface area contributed by atoms with Crippen LogP contribution in [0.2, 0.25) is 0 Å². The van der Waals surface area contributed by atoms with Gasteiger partial charge < -0.3 is 0 Å². The molecule has 0 radical (unpaired) electrons. The second-order valence-corrected chi connectivity index (χ2v) is 12.1. The highest BCUT2D eigenvalue weighted by atomic mass is 15.0. The van der Waals surface area contributed by atoms with E-state index in [-0.39, 0.29) is 0 Å². The number of nitrogens with zero attached hydrogens (tertiary/aromatic N) is 5. The van der Waals surface area contributed by atoms with Crippen LogP contribution in [0.5, 0.6) is 0 Å². The zero-order valence-electron chi connectivity index (χ0n) is 26.5. The van der Waals surface area contributed by atoms with Crippen molar-refractivity contribution in [2.45, 2.75) is 6.42 Å². The summed E-state index contributed by atoms with van der Waals surface area (Å²) in [6.45, 7) is 0. The van der Waals surface area contributed by atoms with Crippen LogP contribution in [0, 0.1) is 0 Å². The fourth-order valence-corrected chi connectivity index (χ4v) is 6.75. The third kappa shape index (κ3) is 5.37. The molecule has 1 aliphatic rings. The summed E-state index contributed by atoms with van der Waals surface area (Å²) >= 11 is 0. The highest BCUT2D eigenvalue weighted by Gasteiger charge is 2.26. The van der Waals surface area contributed by atoms with Crippen LogP contribution in [0.4, 0.5) is 0 Å². The first kappa shape index (κ1) is 28.6. The molecular formula is C44H29N5. The van der Waals surface area contributed by atoms with Gasteiger partial charge in [-0.2, -0.15) is 0 Å². The predicted molar refractivity (Wildman–Crippen MR) is 196 cm³/mol. The van der Waals surface area contributed by atoms with E-state index in [1.807, 2.05) is 36.4 Å². The normalized spacial score (nSPS) is 11.6. The molecule has 8 aromatic rings. The van der Waals surface area contributed by atoms with Crippen LogP contribution < -0.4 is 0 Å². The van der Waals surface area contributed by atoms with Gasteiger partial charge in [0.05, 0.1) is 11.4 Å². The third-order valence-electron chi connectivity index (χ3n) is 9.10. The average Bonchev–Trinajstić information content (AvgIpc) is 3.58. The van der Waals surface area contributed by atoms with Gasteiger partial charge in [0, 0.05) is 39.8 Å². The van der Waals surface area contributed by atoms with Crippen molar-refractivity contribution in [1.29, 1.82) is 0 Å². The van der Waals surface area contributed by atoms with Crippen molar-refractivity contribution in [3.8, 4) is 78.9 Å². The van der Waals surface area contributed by atoms with E-state index in [1.54, 1.807) is 6.33 Å². The molecule has 0 spiro atoms. The molecule has 0 saturated carbocycles. The van der Waals surface area contributed by atoms with E-state index >= 15 is 0 Å². The molecule has 0 unspecified atom stereocenters. The number of benzene rings is 6. The third-order valence-corrected chi connectivity index (χ3v) is 9.10. The van der Waals surface area contributed by atoms with E-state index in [4.69, 9.17) is 24.9 Å². The fraction of sp³-hybridized carbons (Fsp3) is 0.0227. The first-order valence-corrected chi connectivity index (χ1v) is 16.4. The Kier molecular flexibility index (Phi) is 7.13. The molecule has 0 saturated heterocycles. The van der Waals surface area contributed by atoms with E-state index in [1.165, 1.54) is 22.3 Å². The molecule has 2 aromatic heterocycles. The number of fused-ring (bicyclic) bond motifs is 3. The van der Waals surface area contributed by atoms with Gasteiger partial charge in [0.15, 0.2) is 17.5 Å². The number of hydrogen-bond donors (Lipinski definition) is 0. The Morgan fingerprint density at radius 2 is 0.796 bits per heavy atom. The first-order valence-electron chi connectivity index (χ1n) is 16.4. The van der Waals surface area contributed by atoms with Crippen molar-refractivity contribution in [3.63, 3.8) is 0 Å². The minimum atomic E-state index is 0.608. The summed E-state index contributed by atoms with van der Waals surface area (Å²) in [5, 5.41) is 0. The maximum Gasteiger partial charge on any atom is 0.164 e. The van der Waals surface area contributed by atoms with Crippen LogP contribution >= 0.6 is 0 Å². The van der Waals surface area contributed by atoms with E-state index < -0.39 is 0 Å². The van der Waals surface area contributed by atoms with Gasteiger partial charge in [-0.25, -0.2) is 24.9 Å². The van der Waals surface area contributed by atoms with Crippen molar-refractivity contribution >= 4 is 0 Å². The van der Waals surface area contributed by atoms with Crippen LogP contribution in [-0.4, -0.2) is 24.9 Å². The zero-order valence-corrected chi connectivity index (χ0v) is 26.5. The summed E-state index contributed by atoms with van der Waals surface area (Å²) < 4.78 is 0. The van der Waals surface area contributed by atoms with Crippen LogP contribution in [0.1, 0.15) is 11.1 Å². The Labute approximate surface area is 284 Å². The fourth-order valence-electron chi connectivity index (χ4n) is 6.75. The van der Waals surface area contributed by atoms with Gasteiger partial charge in [0.1, 0.15) is 6.33 Å². The standard InChI is InChI=1S/C44H29N5/c1-4-13-29(14-5-1)32-19-10-21-34(25-32)43-47-42(31-17-8-3-9-18-31)48-44(49-43)35-22-11-20-33(26-35)40-39-27-38-36(30-15-6-2-7-16-30)23-12-24-37(38)41(39)46-28-45-40/h1-26,28H,27H2. The lowest BCUT2D eigenvalue weighted by Gasteiger charge is -2.11. The topological polar surface area (TPSA) is 64.5 Å². The maximum absolute atomic E-state index is 5.06. The van der Waals surface area contributed by atoms with E-state index in [2.05, 4.69) is 121 Å². The van der Waals surface area contributed by atoms with Crippen LogP contribution in [0.25, 0.3) is 78.9 Å². The van der Waals surface area contributed by atoms with Gasteiger partial charge in [-0.1, -0.05) is 146 Å². The van der Waals surface area contributed by atoms with E-state index in [0.717, 1.165) is 56.8 Å². The highest BCUT2D eigenvalue weighted by Crippen LogP contribution is 2.43. The lowest BCUT2D eigenvalue weighted by molar-refractivity contribution is 1.07. The molecule has 49 heavy (non-hydrogen) atoms. The Balaban J connectivity index is 1.14. The monoisotopic (exact) mass is 627 g/mol. The van der Waals surface area contributed by atoms with E-state index in [0.29, 0.717) is 17.5 Å². The summed E-state index contributed by atoms with van der Waals surface area (Å²) in [7, 11) is 0. The lowest BCUT2D eigenvalue weighted by Crippen LogP contribution is -2.01. The average molecular weight is 628 g/mol. The molecule has 0 fully saturated rings. The van der Waals surface area contributed by atoms with Crippen molar-refractivity contribution in [2.24, 2.45) is 0 Å². The first-order chi connectivity index (χ1) is 24.3. The predicted octanol–water partition coefficient (Wildman–Crippen LogP) is 10.2. The smallest absolute Gasteiger partial charge is 0.164 e. The summed E-state index contributed by atoms with van der Waals surface area (Å²) in [6.07, 6.45) is 2.45. The Hall–Kier alpha value is -6.59. The summed E-state index contributed by atoms with van der Waals surface area (Å²) in [4.78, 5) is 24.7. The number of rotatable bonds is 6. The quantitative estimate of drug-likeness (QED) is 0.184. The molecule has 0 amide bonds. The summed E-state index contributed by atoms with van der Waals surface area (Å²) in [5.41, 5.74) is 14.0. The second kappa shape index (κ2) is 12.2.